The van der Waals surface area contributed by atoms with E-state index in [1.54, 1.807) is 0 Å². The van der Waals surface area contributed by atoms with Crippen LogP contribution < -0.4 is 5.32 Å². The highest BCUT2D eigenvalue weighted by Crippen LogP contribution is 2.47. The Morgan fingerprint density at radius 3 is 2.71 bits per heavy atom. The van der Waals surface area contributed by atoms with Crippen LogP contribution in [0, 0.1) is 11.3 Å². The van der Waals surface area contributed by atoms with Crippen LogP contribution in [0.3, 0.4) is 0 Å². The zero-order chi connectivity index (χ0) is 15.2. The van der Waals surface area contributed by atoms with E-state index in [0.717, 1.165) is 17.4 Å². The number of aliphatic hydroxyl groups excluding tert-OH is 1. The van der Waals surface area contributed by atoms with Crippen LogP contribution in [-0.2, 0) is 11.2 Å². The monoisotopic (exact) mass is 291 g/mol. The van der Waals surface area contributed by atoms with E-state index >= 15 is 0 Å². The van der Waals surface area contributed by atoms with Gasteiger partial charge in [-0.05, 0) is 30.9 Å². The number of carbonyl (C=O) groups excluding carboxylic acids is 1. The summed E-state index contributed by atoms with van der Waals surface area (Å²) in [7, 11) is 0. The SMILES string of the molecule is CC1CC1c1ccc(CCC(=O)NC2CC(O)C2(C)C)o1. The molecule has 4 atom stereocenters. The predicted molar refractivity (Wildman–Crippen MR) is 79.9 cm³/mol. The summed E-state index contributed by atoms with van der Waals surface area (Å²) in [6.07, 6.45) is 2.64. The van der Waals surface area contributed by atoms with Gasteiger partial charge in [-0.15, -0.1) is 0 Å². The number of aliphatic hydroxyl groups is 1. The molecule has 1 aromatic heterocycles. The molecule has 4 heteroatoms. The first-order valence-electron chi connectivity index (χ1n) is 7.94. The fraction of sp³-hybridized carbons (Fsp3) is 0.706. The molecular weight excluding hydrogens is 266 g/mol. The van der Waals surface area contributed by atoms with Crippen LogP contribution >= 0.6 is 0 Å². The standard InChI is InChI=1S/C17H25NO3/c1-10-8-12(10)13-6-4-11(21-13)5-7-16(20)18-14-9-15(19)17(14,2)3/h4,6,10,12,14-15,19H,5,7-9H2,1-3H3,(H,18,20). The van der Waals surface area contributed by atoms with E-state index in [1.807, 2.05) is 26.0 Å². The average Bonchev–Trinajstić information content (AvgIpc) is 2.99. The van der Waals surface area contributed by atoms with Gasteiger partial charge in [-0.3, -0.25) is 4.79 Å². The molecule has 116 valence electrons. The normalized spacial score (nSPS) is 33.3. The fourth-order valence-corrected chi connectivity index (χ4v) is 3.10. The smallest absolute Gasteiger partial charge is 0.220 e. The maximum absolute atomic E-state index is 12.0. The Hall–Kier alpha value is -1.29. The molecule has 2 fully saturated rings. The maximum atomic E-state index is 12.0. The van der Waals surface area contributed by atoms with E-state index in [4.69, 9.17) is 4.42 Å². The van der Waals surface area contributed by atoms with Crippen LogP contribution in [0.2, 0.25) is 0 Å². The zero-order valence-corrected chi connectivity index (χ0v) is 13.1. The molecule has 21 heavy (non-hydrogen) atoms. The molecule has 2 N–H and O–H groups in total. The molecule has 3 rings (SSSR count). The van der Waals surface area contributed by atoms with Crippen molar-refractivity contribution in [2.24, 2.45) is 11.3 Å². The van der Waals surface area contributed by atoms with Gasteiger partial charge < -0.3 is 14.8 Å². The molecule has 2 saturated carbocycles. The lowest BCUT2D eigenvalue weighted by atomic mass is 9.64. The summed E-state index contributed by atoms with van der Waals surface area (Å²) in [5, 5.41) is 12.7. The Bertz CT molecular complexity index is 534. The molecule has 4 unspecified atom stereocenters. The van der Waals surface area contributed by atoms with Gasteiger partial charge in [0.2, 0.25) is 5.91 Å². The summed E-state index contributed by atoms with van der Waals surface area (Å²) in [5.41, 5.74) is -0.213. The highest BCUT2D eigenvalue weighted by molar-refractivity contribution is 5.76. The lowest BCUT2D eigenvalue weighted by Crippen LogP contribution is -2.61. The molecule has 0 saturated heterocycles. The third-order valence-corrected chi connectivity index (χ3v) is 5.31. The molecule has 0 bridgehead atoms. The Balaban J connectivity index is 1.45. The van der Waals surface area contributed by atoms with Crippen LogP contribution in [0.1, 0.15) is 57.5 Å². The van der Waals surface area contributed by atoms with Crippen molar-refractivity contribution < 1.29 is 14.3 Å². The van der Waals surface area contributed by atoms with Gasteiger partial charge in [0.1, 0.15) is 11.5 Å². The number of carbonyl (C=O) groups is 1. The van der Waals surface area contributed by atoms with Gasteiger partial charge in [0.25, 0.3) is 0 Å². The minimum Gasteiger partial charge on any atom is -0.466 e. The summed E-state index contributed by atoms with van der Waals surface area (Å²) in [6, 6.07) is 4.12. The molecule has 0 aromatic carbocycles. The molecule has 0 aliphatic heterocycles. The van der Waals surface area contributed by atoms with Crippen molar-refractivity contribution in [2.75, 3.05) is 0 Å². The van der Waals surface area contributed by atoms with Crippen molar-refractivity contribution in [3.05, 3.63) is 23.7 Å². The van der Waals surface area contributed by atoms with Gasteiger partial charge in [-0.2, -0.15) is 0 Å². The van der Waals surface area contributed by atoms with Crippen LogP contribution in [0.4, 0.5) is 0 Å². The molecule has 2 aliphatic carbocycles. The first-order valence-corrected chi connectivity index (χ1v) is 7.94. The number of aryl methyl sites for hydroxylation is 1. The average molecular weight is 291 g/mol. The number of hydrogen-bond donors (Lipinski definition) is 2. The van der Waals surface area contributed by atoms with E-state index < -0.39 is 0 Å². The van der Waals surface area contributed by atoms with Gasteiger partial charge in [-0.1, -0.05) is 20.8 Å². The van der Waals surface area contributed by atoms with Crippen LogP contribution in [0.5, 0.6) is 0 Å². The van der Waals surface area contributed by atoms with E-state index in [9.17, 15) is 9.90 Å². The van der Waals surface area contributed by atoms with Crippen molar-refractivity contribution in [2.45, 2.75) is 64.5 Å². The number of nitrogens with one attached hydrogen (secondary N) is 1. The molecule has 1 heterocycles. The Morgan fingerprint density at radius 1 is 1.43 bits per heavy atom. The fourth-order valence-electron chi connectivity index (χ4n) is 3.10. The quantitative estimate of drug-likeness (QED) is 0.876. The Kier molecular flexibility index (Phi) is 3.60. The Morgan fingerprint density at radius 2 is 2.14 bits per heavy atom. The van der Waals surface area contributed by atoms with Crippen molar-refractivity contribution in [1.82, 2.24) is 5.32 Å². The van der Waals surface area contributed by atoms with Crippen molar-refractivity contribution in [1.29, 1.82) is 0 Å². The first-order chi connectivity index (χ1) is 9.88. The van der Waals surface area contributed by atoms with E-state index in [1.165, 1.54) is 6.42 Å². The molecule has 1 amide bonds. The van der Waals surface area contributed by atoms with Crippen LogP contribution in [0.25, 0.3) is 0 Å². The Labute approximate surface area is 125 Å². The van der Waals surface area contributed by atoms with Gasteiger partial charge >= 0.3 is 0 Å². The highest BCUT2D eigenvalue weighted by Gasteiger charge is 2.47. The van der Waals surface area contributed by atoms with E-state index in [2.05, 4.69) is 12.2 Å². The van der Waals surface area contributed by atoms with Crippen molar-refractivity contribution in [3.63, 3.8) is 0 Å². The summed E-state index contributed by atoms with van der Waals surface area (Å²) < 4.78 is 5.81. The second-order valence-electron chi connectivity index (χ2n) is 7.32. The van der Waals surface area contributed by atoms with Gasteiger partial charge in [0.15, 0.2) is 0 Å². The lowest BCUT2D eigenvalue weighted by molar-refractivity contribution is -0.129. The third-order valence-electron chi connectivity index (χ3n) is 5.31. The summed E-state index contributed by atoms with van der Waals surface area (Å²) in [6.45, 7) is 6.21. The predicted octanol–water partition coefficient (Wildman–Crippen LogP) is 2.61. The molecule has 1 aromatic rings. The number of furan rings is 1. The summed E-state index contributed by atoms with van der Waals surface area (Å²) >= 11 is 0. The van der Waals surface area contributed by atoms with E-state index in [-0.39, 0.29) is 23.5 Å². The van der Waals surface area contributed by atoms with Crippen molar-refractivity contribution in [3.8, 4) is 0 Å². The molecule has 0 spiro atoms. The third kappa shape index (κ3) is 2.86. The van der Waals surface area contributed by atoms with Gasteiger partial charge in [-0.25, -0.2) is 0 Å². The zero-order valence-electron chi connectivity index (χ0n) is 13.1. The highest BCUT2D eigenvalue weighted by atomic mass is 16.3. The van der Waals surface area contributed by atoms with Gasteiger partial charge in [0.05, 0.1) is 6.10 Å². The minimum absolute atomic E-state index is 0.0396. The second kappa shape index (κ2) is 5.16. The van der Waals surface area contributed by atoms with E-state index in [0.29, 0.717) is 25.2 Å². The number of amides is 1. The molecule has 2 aliphatic rings. The summed E-state index contributed by atoms with van der Waals surface area (Å²) in [4.78, 5) is 12.0. The first kappa shape index (κ1) is 14.6. The molecule has 0 radical (unpaired) electrons. The second-order valence-corrected chi connectivity index (χ2v) is 7.32. The van der Waals surface area contributed by atoms with Crippen molar-refractivity contribution >= 4 is 5.91 Å². The van der Waals surface area contributed by atoms with Crippen LogP contribution in [0.15, 0.2) is 16.5 Å². The minimum atomic E-state index is -0.309. The van der Waals surface area contributed by atoms with Crippen LogP contribution in [-0.4, -0.2) is 23.2 Å². The number of hydrogen-bond acceptors (Lipinski definition) is 3. The topological polar surface area (TPSA) is 62.5 Å². The maximum Gasteiger partial charge on any atom is 0.220 e. The summed E-state index contributed by atoms with van der Waals surface area (Å²) in [5.74, 6) is 3.33. The molecule has 4 nitrogen and oxygen atoms in total. The van der Waals surface area contributed by atoms with Gasteiger partial charge in [0, 0.05) is 30.2 Å². The number of rotatable bonds is 5. The molecular formula is C17H25NO3. The largest absolute Gasteiger partial charge is 0.466 e. The lowest BCUT2D eigenvalue weighted by Gasteiger charge is -2.49.